The van der Waals surface area contributed by atoms with Gasteiger partial charge in [0.1, 0.15) is 11.2 Å². The van der Waals surface area contributed by atoms with Crippen LogP contribution in [0.2, 0.25) is 0 Å². The Morgan fingerprint density at radius 2 is 0.603 bits per heavy atom. The number of rotatable bonds is 8. The molecule has 0 atom stereocenters. The van der Waals surface area contributed by atoms with Crippen LogP contribution in [0.1, 0.15) is 11.1 Å². The van der Waals surface area contributed by atoms with Crippen molar-refractivity contribution in [2.45, 2.75) is 13.8 Å². The van der Waals surface area contributed by atoms with Crippen LogP contribution in [0.4, 0.5) is 0 Å². The topological polar surface area (TPSA) is 90.5 Å². The van der Waals surface area contributed by atoms with Crippen molar-refractivity contribution >= 4 is 21.9 Å². The molecule has 0 fully saturated rings. The van der Waals surface area contributed by atoms with E-state index in [1.807, 2.05) is 84.9 Å². The number of aromatic nitrogens is 6. The van der Waals surface area contributed by atoms with Crippen molar-refractivity contribution in [3.05, 3.63) is 205 Å². The predicted octanol–water partition coefficient (Wildman–Crippen LogP) is 13.9. The average Bonchev–Trinajstić information content (AvgIpc) is 3.72. The van der Waals surface area contributed by atoms with Gasteiger partial charge < -0.3 is 4.42 Å². The van der Waals surface area contributed by atoms with Gasteiger partial charge in [-0.3, -0.25) is 0 Å². The quantitative estimate of drug-likeness (QED) is 0.151. The van der Waals surface area contributed by atoms with Gasteiger partial charge >= 0.3 is 0 Å². The Morgan fingerprint density at radius 1 is 0.270 bits per heavy atom. The van der Waals surface area contributed by atoms with Gasteiger partial charge in [0.2, 0.25) is 0 Å². The first kappa shape index (κ1) is 37.6. The number of benzene rings is 8. The van der Waals surface area contributed by atoms with Crippen molar-refractivity contribution < 1.29 is 4.42 Å². The molecule has 0 saturated heterocycles. The van der Waals surface area contributed by atoms with Crippen molar-refractivity contribution in [3.63, 3.8) is 0 Å². The van der Waals surface area contributed by atoms with Crippen LogP contribution in [0, 0.1) is 13.8 Å². The largest absolute Gasteiger partial charge is 0.456 e. The minimum Gasteiger partial charge on any atom is -0.456 e. The molecule has 0 radical (unpaired) electrons. The van der Waals surface area contributed by atoms with Gasteiger partial charge in [-0.15, -0.1) is 0 Å². The van der Waals surface area contributed by atoms with Crippen LogP contribution in [-0.2, 0) is 0 Å². The lowest BCUT2D eigenvalue weighted by molar-refractivity contribution is 0.669. The third-order valence-corrected chi connectivity index (χ3v) is 11.5. The molecule has 7 heteroatoms. The number of nitrogens with zero attached hydrogens (tertiary/aromatic N) is 6. The fourth-order valence-electron chi connectivity index (χ4n) is 8.14. The molecule has 3 heterocycles. The first-order valence-electron chi connectivity index (χ1n) is 20.9. The highest BCUT2D eigenvalue weighted by molar-refractivity contribution is 6.07. The zero-order valence-electron chi connectivity index (χ0n) is 34.6. The third-order valence-electron chi connectivity index (χ3n) is 11.5. The summed E-state index contributed by atoms with van der Waals surface area (Å²) in [5, 5.41) is 2.07. The molecule has 0 bridgehead atoms. The summed E-state index contributed by atoms with van der Waals surface area (Å²) in [6, 6.07) is 66.1. The number of fused-ring (bicyclic) bond motifs is 3. The maximum absolute atomic E-state index is 6.41. The standard InChI is InChI=1S/C56H38N6O/c1-35-15-9-11-25-45(35)55-59-51(37-17-5-3-6-18-37)57-53(61-55)43-23-13-21-39(31-43)41-27-29-49-47(33-41)48-34-42(28-30-50(48)63-49)40-22-14-24-44(32-40)54-58-52(38-19-7-4-8-20-38)60-56(62-54)46-26-12-10-16-36(46)2/h3-34H,1-2H3. The van der Waals surface area contributed by atoms with E-state index in [4.69, 9.17) is 34.3 Å². The van der Waals surface area contributed by atoms with Crippen molar-refractivity contribution in [2.75, 3.05) is 0 Å². The first-order valence-corrected chi connectivity index (χ1v) is 20.9. The van der Waals surface area contributed by atoms with E-state index in [9.17, 15) is 0 Å². The van der Waals surface area contributed by atoms with E-state index in [0.29, 0.717) is 34.9 Å². The number of aryl methyl sites for hydroxylation is 2. The lowest BCUT2D eigenvalue weighted by atomic mass is 9.98. The summed E-state index contributed by atoms with van der Waals surface area (Å²) in [5.41, 5.74) is 13.7. The number of furan rings is 1. The molecule has 0 spiro atoms. The molecular formula is C56H38N6O. The number of hydrogen-bond donors (Lipinski definition) is 0. The second-order valence-electron chi connectivity index (χ2n) is 15.7. The van der Waals surface area contributed by atoms with Gasteiger partial charge in [0.15, 0.2) is 34.9 Å². The van der Waals surface area contributed by atoms with Gasteiger partial charge in [0.05, 0.1) is 0 Å². The summed E-state index contributed by atoms with van der Waals surface area (Å²) < 4.78 is 6.41. The molecule has 0 unspecified atom stereocenters. The predicted molar refractivity (Wildman–Crippen MR) is 253 cm³/mol. The second-order valence-corrected chi connectivity index (χ2v) is 15.7. The SMILES string of the molecule is Cc1ccccc1-c1nc(-c2ccccc2)nc(-c2cccc(-c3ccc4oc5ccc(-c6cccc(-c7nc(-c8ccccc8)nc(-c8ccccc8C)n7)c6)cc5c4c3)c2)n1. The highest BCUT2D eigenvalue weighted by Gasteiger charge is 2.17. The molecule has 11 rings (SSSR count). The molecule has 3 aromatic heterocycles. The summed E-state index contributed by atoms with van der Waals surface area (Å²) in [5.74, 6) is 3.79. The van der Waals surface area contributed by atoms with Crippen LogP contribution >= 0.6 is 0 Å². The Labute approximate surface area is 364 Å². The first-order chi connectivity index (χ1) is 31.0. The van der Waals surface area contributed by atoms with Gasteiger partial charge in [-0.25, -0.2) is 29.9 Å². The smallest absolute Gasteiger partial charge is 0.164 e. The molecule has 63 heavy (non-hydrogen) atoms. The van der Waals surface area contributed by atoms with E-state index in [0.717, 1.165) is 88.7 Å². The normalized spacial score (nSPS) is 11.3. The fraction of sp³-hybridized carbons (Fsp3) is 0.0357. The van der Waals surface area contributed by atoms with E-state index < -0.39 is 0 Å². The van der Waals surface area contributed by atoms with E-state index in [1.165, 1.54) is 0 Å². The van der Waals surface area contributed by atoms with Gasteiger partial charge in [0, 0.05) is 44.2 Å². The van der Waals surface area contributed by atoms with Crippen molar-refractivity contribution in [1.82, 2.24) is 29.9 Å². The highest BCUT2D eigenvalue weighted by atomic mass is 16.3. The Bertz CT molecular complexity index is 3260. The Kier molecular flexibility index (Phi) is 9.47. The summed E-state index contributed by atoms with van der Waals surface area (Å²) in [7, 11) is 0. The van der Waals surface area contributed by atoms with Gasteiger partial charge in [-0.2, -0.15) is 0 Å². The summed E-state index contributed by atoms with van der Waals surface area (Å²) in [6.07, 6.45) is 0. The van der Waals surface area contributed by atoms with Gasteiger partial charge in [0.25, 0.3) is 0 Å². The highest BCUT2D eigenvalue weighted by Crippen LogP contribution is 2.37. The van der Waals surface area contributed by atoms with E-state index >= 15 is 0 Å². The van der Waals surface area contributed by atoms with E-state index in [1.54, 1.807) is 0 Å². The maximum Gasteiger partial charge on any atom is 0.164 e. The van der Waals surface area contributed by atoms with Gasteiger partial charge in [-0.05, 0) is 83.6 Å². The van der Waals surface area contributed by atoms with Crippen LogP contribution in [0.3, 0.4) is 0 Å². The zero-order valence-corrected chi connectivity index (χ0v) is 34.6. The van der Waals surface area contributed by atoms with Crippen LogP contribution in [0.15, 0.2) is 199 Å². The molecule has 0 aliphatic rings. The second kappa shape index (κ2) is 15.9. The minimum atomic E-state index is 0.616. The molecule has 0 aliphatic heterocycles. The lowest BCUT2D eigenvalue weighted by Gasteiger charge is -2.11. The maximum atomic E-state index is 6.41. The van der Waals surface area contributed by atoms with Crippen LogP contribution in [0.5, 0.6) is 0 Å². The Morgan fingerprint density at radius 3 is 1.03 bits per heavy atom. The van der Waals surface area contributed by atoms with E-state index in [2.05, 4.69) is 123 Å². The van der Waals surface area contributed by atoms with Gasteiger partial charge in [-0.1, -0.05) is 158 Å². The molecule has 0 N–H and O–H groups in total. The van der Waals surface area contributed by atoms with Crippen molar-refractivity contribution in [1.29, 1.82) is 0 Å². The fourth-order valence-corrected chi connectivity index (χ4v) is 8.14. The van der Waals surface area contributed by atoms with Crippen LogP contribution < -0.4 is 0 Å². The summed E-state index contributed by atoms with van der Waals surface area (Å²) in [6.45, 7) is 4.16. The monoisotopic (exact) mass is 810 g/mol. The zero-order chi connectivity index (χ0) is 42.3. The lowest BCUT2D eigenvalue weighted by Crippen LogP contribution is -2.01. The molecule has 8 aromatic carbocycles. The van der Waals surface area contributed by atoms with Crippen molar-refractivity contribution in [2.24, 2.45) is 0 Å². The Balaban J connectivity index is 0.967. The summed E-state index contributed by atoms with van der Waals surface area (Å²) in [4.78, 5) is 29.9. The average molecular weight is 811 g/mol. The Hall–Kier alpha value is -8.42. The van der Waals surface area contributed by atoms with E-state index in [-0.39, 0.29) is 0 Å². The number of hydrogen-bond acceptors (Lipinski definition) is 7. The minimum absolute atomic E-state index is 0.616. The van der Waals surface area contributed by atoms with Crippen molar-refractivity contribution in [3.8, 4) is 90.6 Å². The third kappa shape index (κ3) is 7.32. The molecule has 11 aromatic rings. The molecule has 7 nitrogen and oxygen atoms in total. The molecule has 0 aliphatic carbocycles. The summed E-state index contributed by atoms with van der Waals surface area (Å²) >= 11 is 0. The molecule has 0 saturated carbocycles. The van der Waals surface area contributed by atoms with Crippen LogP contribution in [0.25, 0.3) is 113 Å². The molecule has 298 valence electrons. The molecule has 0 amide bonds. The van der Waals surface area contributed by atoms with Crippen LogP contribution in [-0.4, -0.2) is 29.9 Å². The molecular weight excluding hydrogens is 773 g/mol.